The van der Waals surface area contributed by atoms with Crippen molar-refractivity contribution in [1.82, 2.24) is 10.6 Å². The highest BCUT2D eigenvalue weighted by atomic mass is 16.5. The Kier molecular flexibility index (Phi) is 7.92. The summed E-state index contributed by atoms with van der Waals surface area (Å²) in [6.45, 7) is 10.3. The summed E-state index contributed by atoms with van der Waals surface area (Å²) in [6.07, 6.45) is 0.311. The molecule has 2 N–H and O–H groups in total. The average molecular weight is 334 g/mol. The number of carbonyl (C=O) groups is 2. The normalized spacial score (nSPS) is 13.7. The highest BCUT2D eigenvalue weighted by molar-refractivity contribution is 5.94. The molecule has 0 spiro atoms. The molecular formula is C19H30N2O3. The lowest BCUT2D eigenvalue weighted by Crippen LogP contribution is -2.46. The van der Waals surface area contributed by atoms with E-state index in [0.717, 1.165) is 12.0 Å². The van der Waals surface area contributed by atoms with Crippen molar-refractivity contribution in [3.05, 3.63) is 35.4 Å². The summed E-state index contributed by atoms with van der Waals surface area (Å²) < 4.78 is 4.45. The molecule has 0 aliphatic carbocycles. The maximum absolute atomic E-state index is 12.0. The minimum absolute atomic E-state index is 0.0245. The van der Waals surface area contributed by atoms with Crippen molar-refractivity contribution >= 4 is 12.0 Å². The Labute approximate surface area is 145 Å². The van der Waals surface area contributed by atoms with Crippen molar-refractivity contribution in [3.63, 3.8) is 0 Å². The van der Waals surface area contributed by atoms with Gasteiger partial charge in [0.25, 0.3) is 0 Å². The summed E-state index contributed by atoms with van der Waals surface area (Å²) in [6, 6.07) is 8.03. The van der Waals surface area contributed by atoms with Crippen LogP contribution in [-0.4, -0.2) is 25.2 Å². The largest absolute Gasteiger partial charge is 0.453 e. The SMILES string of the molecule is COC(=O)NC(=O)[C@@H](C)N[C@H](c1ccc(CC(C)C)cc1)C(C)C. The van der Waals surface area contributed by atoms with Gasteiger partial charge in [0, 0.05) is 6.04 Å². The van der Waals surface area contributed by atoms with Gasteiger partial charge < -0.3 is 4.74 Å². The Morgan fingerprint density at radius 1 is 1.04 bits per heavy atom. The quantitative estimate of drug-likeness (QED) is 0.801. The third kappa shape index (κ3) is 6.32. The first-order chi connectivity index (χ1) is 11.2. The third-order valence-corrected chi connectivity index (χ3v) is 3.88. The van der Waals surface area contributed by atoms with E-state index < -0.39 is 18.0 Å². The van der Waals surface area contributed by atoms with E-state index in [1.165, 1.54) is 12.7 Å². The molecule has 0 heterocycles. The second-order valence-electron chi connectivity index (χ2n) is 6.93. The Hall–Kier alpha value is -1.88. The van der Waals surface area contributed by atoms with Crippen molar-refractivity contribution in [2.75, 3.05) is 7.11 Å². The monoisotopic (exact) mass is 334 g/mol. The van der Waals surface area contributed by atoms with Crippen LogP contribution in [-0.2, 0) is 16.0 Å². The van der Waals surface area contributed by atoms with Gasteiger partial charge in [-0.15, -0.1) is 0 Å². The summed E-state index contributed by atoms with van der Waals surface area (Å²) in [5.41, 5.74) is 2.45. The van der Waals surface area contributed by atoms with Crippen molar-refractivity contribution in [3.8, 4) is 0 Å². The Morgan fingerprint density at radius 3 is 2.08 bits per heavy atom. The van der Waals surface area contributed by atoms with E-state index in [0.29, 0.717) is 11.8 Å². The van der Waals surface area contributed by atoms with Crippen LogP contribution in [0.15, 0.2) is 24.3 Å². The fraction of sp³-hybridized carbons (Fsp3) is 0.579. The second-order valence-corrected chi connectivity index (χ2v) is 6.93. The molecule has 2 amide bonds. The maximum Gasteiger partial charge on any atom is 0.413 e. The summed E-state index contributed by atoms with van der Waals surface area (Å²) in [5, 5.41) is 5.50. The number of carbonyl (C=O) groups excluding carboxylic acids is 2. The lowest BCUT2D eigenvalue weighted by atomic mass is 9.93. The van der Waals surface area contributed by atoms with Crippen LogP contribution in [0.3, 0.4) is 0 Å². The molecule has 5 nitrogen and oxygen atoms in total. The molecule has 24 heavy (non-hydrogen) atoms. The van der Waals surface area contributed by atoms with E-state index in [4.69, 9.17) is 0 Å². The molecule has 1 aromatic rings. The van der Waals surface area contributed by atoms with Crippen LogP contribution in [0.5, 0.6) is 0 Å². The molecule has 0 bridgehead atoms. The van der Waals surface area contributed by atoms with Crippen molar-refractivity contribution in [1.29, 1.82) is 0 Å². The Bertz CT molecular complexity index is 538. The van der Waals surface area contributed by atoms with Gasteiger partial charge in [0.15, 0.2) is 0 Å². The van der Waals surface area contributed by atoms with Gasteiger partial charge in [-0.1, -0.05) is 52.0 Å². The van der Waals surface area contributed by atoms with Gasteiger partial charge in [0.2, 0.25) is 5.91 Å². The van der Waals surface area contributed by atoms with Crippen molar-refractivity contribution in [2.24, 2.45) is 11.8 Å². The van der Waals surface area contributed by atoms with E-state index >= 15 is 0 Å². The first kappa shape index (κ1) is 20.2. The van der Waals surface area contributed by atoms with E-state index in [9.17, 15) is 9.59 Å². The lowest BCUT2D eigenvalue weighted by Gasteiger charge is -2.26. The summed E-state index contributed by atoms with van der Waals surface area (Å²) in [4.78, 5) is 23.2. The molecule has 0 radical (unpaired) electrons. The summed E-state index contributed by atoms with van der Waals surface area (Å²) in [5.74, 6) is 0.523. The molecular weight excluding hydrogens is 304 g/mol. The van der Waals surface area contributed by atoms with Gasteiger partial charge in [-0.05, 0) is 36.3 Å². The number of nitrogens with one attached hydrogen (secondary N) is 2. The van der Waals surface area contributed by atoms with E-state index in [2.05, 4.69) is 67.3 Å². The molecule has 5 heteroatoms. The number of benzene rings is 1. The maximum atomic E-state index is 12.0. The zero-order valence-electron chi connectivity index (χ0n) is 15.6. The number of imide groups is 1. The fourth-order valence-electron chi connectivity index (χ4n) is 2.61. The highest BCUT2D eigenvalue weighted by Crippen LogP contribution is 2.23. The molecule has 0 aliphatic heterocycles. The first-order valence-electron chi connectivity index (χ1n) is 8.48. The molecule has 0 fully saturated rings. The van der Waals surface area contributed by atoms with Crippen LogP contribution in [0.1, 0.15) is 51.8 Å². The number of hydrogen-bond acceptors (Lipinski definition) is 4. The molecule has 134 valence electrons. The number of methoxy groups -OCH3 is 1. The molecule has 1 aromatic carbocycles. The molecule has 0 aromatic heterocycles. The molecule has 0 saturated heterocycles. The smallest absolute Gasteiger partial charge is 0.413 e. The van der Waals surface area contributed by atoms with Gasteiger partial charge in [-0.2, -0.15) is 0 Å². The first-order valence-corrected chi connectivity index (χ1v) is 8.48. The molecule has 1 rings (SSSR count). The van der Waals surface area contributed by atoms with Crippen LogP contribution >= 0.6 is 0 Å². The topological polar surface area (TPSA) is 67.4 Å². The van der Waals surface area contributed by atoms with E-state index in [1.54, 1.807) is 6.92 Å². The summed E-state index contributed by atoms with van der Waals surface area (Å²) in [7, 11) is 1.23. The van der Waals surface area contributed by atoms with Crippen LogP contribution in [0.4, 0.5) is 4.79 Å². The fourth-order valence-corrected chi connectivity index (χ4v) is 2.61. The van der Waals surface area contributed by atoms with Gasteiger partial charge in [0.05, 0.1) is 13.2 Å². The van der Waals surface area contributed by atoms with Crippen LogP contribution in [0.2, 0.25) is 0 Å². The zero-order chi connectivity index (χ0) is 18.3. The van der Waals surface area contributed by atoms with Gasteiger partial charge in [-0.3, -0.25) is 15.4 Å². The molecule has 0 aliphatic rings. The van der Waals surface area contributed by atoms with E-state index in [-0.39, 0.29) is 6.04 Å². The standard InChI is InChI=1S/C19H30N2O3/c1-12(2)11-15-7-9-16(10-8-15)17(13(3)4)20-14(5)18(22)21-19(23)24-6/h7-10,12-14,17,20H,11H2,1-6H3,(H,21,22,23)/t14-,17+/m1/s1. The number of amides is 2. The number of ether oxygens (including phenoxy) is 1. The van der Waals surface area contributed by atoms with Gasteiger partial charge in [-0.25, -0.2) is 4.79 Å². The number of alkyl carbamates (subject to hydrolysis) is 1. The Morgan fingerprint density at radius 2 is 1.62 bits per heavy atom. The number of rotatable bonds is 7. The lowest BCUT2D eigenvalue weighted by molar-refractivity contribution is -0.122. The third-order valence-electron chi connectivity index (χ3n) is 3.88. The second kappa shape index (κ2) is 9.42. The minimum atomic E-state index is -0.743. The minimum Gasteiger partial charge on any atom is -0.453 e. The van der Waals surface area contributed by atoms with Crippen LogP contribution in [0.25, 0.3) is 0 Å². The van der Waals surface area contributed by atoms with Crippen molar-refractivity contribution in [2.45, 2.75) is 53.1 Å². The van der Waals surface area contributed by atoms with Crippen molar-refractivity contribution < 1.29 is 14.3 Å². The Balaban J connectivity index is 2.79. The van der Waals surface area contributed by atoms with Crippen LogP contribution in [0, 0.1) is 11.8 Å². The van der Waals surface area contributed by atoms with E-state index in [1.807, 2.05) is 0 Å². The predicted octanol–water partition coefficient (Wildman–Crippen LogP) is 3.44. The van der Waals surface area contributed by atoms with Crippen LogP contribution < -0.4 is 10.6 Å². The molecule has 2 atom stereocenters. The zero-order valence-corrected chi connectivity index (χ0v) is 15.6. The molecule has 0 unspecified atom stereocenters. The molecule has 0 saturated carbocycles. The summed E-state index contributed by atoms with van der Waals surface area (Å²) >= 11 is 0. The highest BCUT2D eigenvalue weighted by Gasteiger charge is 2.23. The number of hydrogen-bond donors (Lipinski definition) is 2. The van der Waals surface area contributed by atoms with Gasteiger partial charge >= 0.3 is 6.09 Å². The van der Waals surface area contributed by atoms with Gasteiger partial charge in [0.1, 0.15) is 0 Å². The average Bonchev–Trinajstić information content (AvgIpc) is 2.52. The predicted molar refractivity (Wildman–Crippen MR) is 95.7 cm³/mol.